The van der Waals surface area contributed by atoms with E-state index in [0.717, 1.165) is 17.9 Å². The molecule has 3 aromatic rings. The van der Waals surface area contributed by atoms with Gasteiger partial charge in [0.15, 0.2) is 11.5 Å². The molecule has 0 radical (unpaired) electrons. The predicted molar refractivity (Wildman–Crippen MR) is 125 cm³/mol. The summed E-state index contributed by atoms with van der Waals surface area (Å²) in [6.45, 7) is 14.9. The zero-order valence-electron chi connectivity index (χ0n) is 19.3. The van der Waals surface area contributed by atoms with E-state index in [0.29, 0.717) is 6.73 Å². The highest BCUT2D eigenvalue weighted by atomic mass is 16.5. The van der Waals surface area contributed by atoms with Crippen molar-refractivity contribution in [2.45, 2.75) is 60.4 Å². The molecule has 4 heteroatoms. The molecule has 2 N–H and O–H groups in total. The van der Waals surface area contributed by atoms with Crippen LogP contribution in [-0.4, -0.2) is 24.4 Å². The van der Waals surface area contributed by atoms with E-state index < -0.39 is 0 Å². The summed E-state index contributed by atoms with van der Waals surface area (Å²) in [6.07, 6.45) is 0.915. The van der Waals surface area contributed by atoms with Gasteiger partial charge in [0.1, 0.15) is 6.73 Å². The zero-order chi connectivity index (χ0) is 21.9. The van der Waals surface area contributed by atoms with Gasteiger partial charge in [-0.25, -0.2) is 0 Å². The highest BCUT2D eigenvalue weighted by molar-refractivity contribution is 5.84. The number of ether oxygens (including phenoxy) is 2. The maximum atomic E-state index is 5.86. The van der Waals surface area contributed by atoms with E-state index in [4.69, 9.17) is 9.47 Å². The number of benzene rings is 2. The van der Waals surface area contributed by atoms with Gasteiger partial charge in [-0.15, -0.1) is 0 Å². The molecule has 0 bridgehead atoms. The lowest BCUT2D eigenvalue weighted by Gasteiger charge is -2.27. The summed E-state index contributed by atoms with van der Waals surface area (Å²) < 4.78 is 11.2. The third-order valence-corrected chi connectivity index (χ3v) is 4.49. The van der Waals surface area contributed by atoms with Crippen molar-refractivity contribution in [2.24, 2.45) is 0 Å². The molecule has 0 unspecified atom stereocenters. The van der Waals surface area contributed by atoms with Crippen LogP contribution in [0.2, 0.25) is 0 Å². The summed E-state index contributed by atoms with van der Waals surface area (Å²) in [5.41, 5.74) is 3.67. The van der Waals surface area contributed by atoms with Gasteiger partial charge >= 0.3 is 0 Å². The molecule has 0 aliphatic heterocycles. The van der Waals surface area contributed by atoms with Crippen LogP contribution < -0.4 is 14.8 Å². The van der Waals surface area contributed by atoms with E-state index in [9.17, 15) is 0 Å². The fourth-order valence-electron chi connectivity index (χ4n) is 3.11. The summed E-state index contributed by atoms with van der Waals surface area (Å²) in [6, 6.07) is 16.1. The molecule has 0 saturated carbocycles. The minimum absolute atomic E-state index is 0.0995. The first-order chi connectivity index (χ1) is 14.0. The third-order valence-electron chi connectivity index (χ3n) is 4.49. The molecule has 0 aliphatic rings. The second-order valence-electron chi connectivity index (χ2n) is 6.95. The van der Waals surface area contributed by atoms with Crippen LogP contribution in [0.3, 0.4) is 0 Å². The van der Waals surface area contributed by atoms with Crippen molar-refractivity contribution < 1.29 is 9.47 Å². The monoisotopic (exact) mass is 398 g/mol. The Hall–Kier alpha value is -2.46. The summed E-state index contributed by atoms with van der Waals surface area (Å²) in [7, 11) is 1.65. The lowest BCUT2D eigenvalue weighted by atomic mass is 9.93. The number of aromatic nitrogens is 1. The Kier molecular flexibility index (Phi) is 10.3. The summed E-state index contributed by atoms with van der Waals surface area (Å²) in [5.74, 6) is 1.49. The first-order valence-corrected chi connectivity index (χ1v) is 10.6. The van der Waals surface area contributed by atoms with Crippen LogP contribution in [0.4, 0.5) is 0 Å². The standard InChI is InChI=1S/C21H26N2O2.2C2H6/c1-15-17(16-9-5-6-10-18(16)23-15)13-21(2,3)22-14-25-20-12-8-7-11-19(20)24-4;2*1-2/h5-12,22-23H,13-14H2,1-4H3;2*1-2H3. The molecule has 29 heavy (non-hydrogen) atoms. The van der Waals surface area contributed by atoms with Gasteiger partial charge in [0.25, 0.3) is 0 Å². The smallest absolute Gasteiger partial charge is 0.163 e. The Morgan fingerprint density at radius 3 is 2.14 bits per heavy atom. The Labute approximate surface area is 176 Å². The molecule has 1 aromatic heterocycles. The molecule has 3 rings (SSSR count). The molecule has 0 spiro atoms. The van der Waals surface area contributed by atoms with Crippen LogP contribution in [0.5, 0.6) is 11.5 Å². The van der Waals surface area contributed by atoms with Crippen molar-refractivity contribution in [1.82, 2.24) is 10.3 Å². The maximum Gasteiger partial charge on any atom is 0.163 e. The van der Waals surface area contributed by atoms with Crippen molar-refractivity contribution in [2.75, 3.05) is 13.8 Å². The van der Waals surface area contributed by atoms with Crippen molar-refractivity contribution in [3.05, 3.63) is 59.8 Å². The van der Waals surface area contributed by atoms with Crippen molar-refractivity contribution in [1.29, 1.82) is 0 Å². The largest absolute Gasteiger partial charge is 0.493 e. The second-order valence-corrected chi connectivity index (χ2v) is 6.95. The summed E-state index contributed by atoms with van der Waals surface area (Å²) in [5, 5.41) is 4.79. The van der Waals surface area contributed by atoms with Crippen LogP contribution in [0.15, 0.2) is 48.5 Å². The molecular formula is C25H38N2O2. The van der Waals surface area contributed by atoms with E-state index in [1.807, 2.05) is 52.0 Å². The minimum atomic E-state index is -0.0995. The van der Waals surface area contributed by atoms with Gasteiger partial charge in [0, 0.05) is 22.1 Å². The number of nitrogens with one attached hydrogen (secondary N) is 2. The van der Waals surface area contributed by atoms with Crippen molar-refractivity contribution in [3.8, 4) is 11.5 Å². The first-order valence-electron chi connectivity index (χ1n) is 10.6. The number of H-pyrrole nitrogens is 1. The second kappa shape index (κ2) is 12.2. The normalized spacial score (nSPS) is 10.5. The van der Waals surface area contributed by atoms with Gasteiger partial charge in [-0.1, -0.05) is 58.0 Å². The number of para-hydroxylation sites is 3. The quantitative estimate of drug-likeness (QED) is 0.447. The molecule has 0 aliphatic carbocycles. The Bertz CT molecular complexity index is 853. The van der Waals surface area contributed by atoms with Gasteiger partial charge in [-0.3, -0.25) is 5.32 Å². The lowest BCUT2D eigenvalue weighted by molar-refractivity contribution is 0.220. The number of hydrogen-bond donors (Lipinski definition) is 2. The lowest BCUT2D eigenvalue weighted by Crippen LogP contribution is -2.43. The van der Waals surface area contributed by atoms with Gasteiger partial charge in [0.05, 0.1) is 7.11 Å². The van der Waals surface area contributed by atoms with Crippen LogP contribution >= 0.6 is 0 Å². The van der Waals surface area contributed by atoms with Gasteiger partial charge in [0.2, 0.25) is 0 Å². The maximum absolute atomic E-state index is 5.86. The number of aromatic amines is 1. The number of fused-ring (bicyclic) bond motifs is 1. The molecule has 1 heterocycles. The molecule has 0 saturated heterocycles. The SMILES string of the molecule is CC.CC.COc1ccccc1OCNC(C)(C)Cc1c(C)[nH]c2ccccc12. The van der Waals surface area contributed by atoms with Crippen molar-refractivity contribution in [3.63, 3.8) is 0 Å². The third kappa shape index (κ3) is 6.82. The molecule has 160 valence electrons. The molecule has 2 aromatic carbocycles. The topological polar surface area (TPSA) is 46.3 Å². The zero-order valence-corrected chi connectivity index (χ0v) is 19.3. The van der Waals surface area contributed by atoms with E-state index in [1.54, 1.807) is 7.11 Å². The van der Waals surface area contributed by atoms with Crippen LogP contribution in [0.25, 0.3) is 10.9 Å². The fraction of sp³-hybridized carbons (Fsp3) is 0.440. The Balaban J connectivity index is 0.000000989. The minimum Gasteiger partial charge on any atom is -0.493 e. The summed E-state index contributed by atoms with van der Waals surface area (Å²) in [4.78, 5) is 3.47. The highest BCUT2D eigenvalue weighted by Gasteiger charge is 2.21. The van der Waals surface area contributed by atoms with Crippen LogP contribution in [0, 0.1) is 6.92 Å². The first kappa shape index (κ1) is 24.6. The number of aryl methyl sites for hydroxylation is 1. The molecule has 0 atom stereocenters. The Morgan fingerprint density at radius 2 is 1.48 bits per heavy atom. The highest BCUT2D eigenvalue weighted by Crippen LogP contribution is 2.27. The fourth-order valence-corrected chi connectivity index (χ4v) is 3.11. The van der Waals surface area contributed by atoms with E-state index in [1.165, 1.54) is 22.2 Å². The van der Waals surface area contributed by atoms with Crippen LogP contribution in [-0.2, 0) is 6.42 Å². The van der Waals surface area contributed by atoms with Gasteiger partial charge in [-0.2, -0.15) is 0 Å². The number of rotatable bonds is 7. The van der Waals surface area contributed by atoms with E-state index >= 15 is 0 Å². The molecule has 0 fully saturated rings. The van der Waals surface area contributed by atoms with Crippen molar-refractivity contribution >= 4 is 10.9 Å². The molecule has 0 amide bonds. The van der Waals surface area contributed by atoms with E-state index in [2.05, 4.69) is 55.3 Å². The predicted octanol–water partition coefficient (Wildman–Crippen LogP) is 6.48. The number of hydrogen-bond acceptors (Lipinski definition) is 3. The molecule has 4 nitrogen and oxygen atoms in total. The average Bonchev–Trinajstić information content (AvgIpc) is 3.06. The average molecular weight is 399 g/mol. The Morgan fingerprint density at radius 1 is 0.897 bits per heavy atom. The van der Waals surface area contributed by atoms with Crippen LogP contribution in [0.1, 0.15) is 52.8 Å². The molecular weight excluding hydrogens is 360 g/mol. The summed E-state index contributed by atoms with van der Waals surface area (Å²) >= 11 is 0. The number of methoxy groups -OCH3 is 1. The van der Waals surface area contributed by atoms with Gasteiger partial charge in [-0.05, 0) is 51.0 Å². The van der Waals surface area contributed by atoms with E-state index in [-0.39, 0.29) is 5.54 Å². The van der Waals surface area contributed by atoms with Gasteiger partial charge < -0.3 is 14.5 Å².